The number of rotatable bonds is 5. The summed E-state index contributed by atoms with van der Waals surface area (Å²) in [6, 6.07) is 2.01. The van der Waals surface area contributed by atoms with Crippen molar-refractivity contribution in [1.29, 1.82) is 0 Å². The highest BCUT2D eigenvalue weighted by atomic mass is 32.2. The first-order chi connectivity index (χ1) is 10.4. The minimum atomic E-state index is -3.42. The van der Waals surface area contributed by atoms with Gasteiger partial charge in [0.1, 0.15) is 0 Å². The van der Waals surface area contributed by atoms with E-state index in [9.17, 15) is 8.42 Å². The van der Waals surface area contributed by atoms with Gasteiger partial charge in [0.05, 0.1) is 11.9 Å². The molecule has 0 radical (unpaired) electrons. The Kier molecular flexibility index (Phi) is 3.76. The van der Waals surface area contributed by atoms with Crippen LogP contribution in [0.4, 0.5) is 0 Å². The number of nitrogens with zero attached hydrogens (tertiary/aromatic N) is 4. The van der Waals surface area contributed by atoms with E-state index in [1.807, 2.05) is 4.68 Å². The summed E-state index contributed by atoms with van der Waals surface area (Å²) in [7, 11) is -3.42. The normalized spacial score (nSPS) is 15.5. The second kappa shape index (κ2) is 5.46. The van der Waals surface area contributed by atoms with Gasteiger partial charge in [-0.25, -0.2) is 18.4 Å². The quantitative estimate of drug-likeness (QED) is 0.790. The minimum Gasteiger partial charge on any atom is -0.266 e. The Bertz CT molecular complexity index is 792. The summed E-state index contributed by atoms with van der Waals surface area (Å²) in [5.74, 6) is 0.712. The van der Waals surface area contributed by atoms with Crippen LogP contribution in [-0.4, -0.2) is 34.4 Å². The molecular weight excluding hydrogens is 300 g/mol. The first-order valence-electron chi connectivity index (χ1n) is 7.46. The molecule has 0 unspecified atom stereocenters. The summed E-state index contributed by atoms with van der Waals surface area (Å²) in [6.07, 6.45) is 7.86. The molecular formula is C15H20N4O2S. The lowest BCUT2D eigenvalue weighted by Gasteiger charge is -2.12. The standard InChI is InChI=1S/C15H20N4O2S/c1-10(2)19-14(8-11-4-5-11)12(9-17-19)13-6-7-16-15(18-13)22(3,20)21/h6-7,9-11H,4-5,8H2,1-3H3. The van der Waals surface area contributed by atoms with Gasteiger partial charge in [0.15, 0.2) is 0 Å². The van der Waals surface area contributed by atoms with Crippen LogP contribution in [0.25, 0.3) is 11.3 Å². The maximum atomic E-state index is 11.7. The van der Waals surface area contributed by atoms with Gasteiger partial charge in [-0.1, -0.05) is 0 Å². The Balaban J connectivity index is 2.07. The fourth-order valence-electron chi connectivity index (χ4n) is 2.51. The molecule has 0 spiro atoms. The van der Waals surface area contributed by atoms with Gasteiger partial charge >= 0.3 is 0 Å². The Morgan fingerprint density at radius 2 is 2.09 bits per heavy atom. The molecule has 0 amide bonds. The van der Waals surface area contributed by atoms with Crippen molar-refractivity contribution >= 4 is 9.84 Å². The molecule has 6 nitrogen and oxygen atoms in total. The second-order valence-corrected chi connectivity index (χ2v) is 8.10. The third-order valence-electron chi connectivity index (χ3n) is 3.81. The first kappa shape index (κ1) is 15.1. The largest absolute Gasteiger partial charge is 0.266 e. The lowest BCUT2D eigenvalue weighted by molar-refractivity contribution is 0.503. The van der Waals surface area contributed by atoms with E-state index in [1.54, 1.807) is 12.3 Å². The summed E-state index contributed by atoms with van der Waals surface area (Å²) in [6.45, 7) is 4.18. The van der Waals surface area contributed by atoms with E-state index in [-0.39, 0.29) is 11.2 Å². The highest BCUT2D eigenvalue weighted by molar-refractivity contribution is 7.90. The van der Waals surface area contributed by atoms with Crippen LogP contribution < -0.4 is 0 Å². The van der Waals surface area contributed by atoms with Crippen LogP contribution in [0.2, 0.25) is 0 Å². The van der Waals surface area contributed by atoms with Crippen molar-refractivity contribution in [1.82, 2.24) is 19.7 Å². The Morgan fingerprint density at radius 1 is 1.36 bits per heavy atom. The molecule has 2 aromatic rings. The molecule has 2 aromatic heterocycles. The number of aromatic nitrogens is 4. The van der Waals surface area contributed by atoms with Crippen molar-refractivity contribution in [2.45, 2.75) is 44.3 Å². The fraction of sp³-hybridized carbons (Fsp3) is 0.533. The van der Waals surface area contributed by atoms with Crippen LogP contribution in [0.1, 0.15) is 38.4 Å². The Labute approximate surface area is 130 Å². The molecule has 0 bridgehead atoms. The van der Waals surface area contributed by atoms with Crippen LogP contribution in [-0.2, 0) is 16.3 Å². The zero-order valence-corrected chi connectivity index (χ0v) is 13.8. The van der Waals surface area contributed by atoms with Gasteiger partial charge < -0.3 is 0 Å². The smallest absolute Gasteiger partial charge is 0.247 e. The molecule has 3 rings (SSSR count). The van der Waals surface area contributed by atoms with Gasteiger partial charge in [0, 0.05) is 29.8 Å². The average molecular weight is 320 g/mol. The summed E-state index contributed by atoms with van der Waals surface area (Å²) >= 11 is 0. The fourth-order valence-corrected chi connectivity index (χ4v) is 3.03. The zero-order valence-electron chi connectivity index (χ0n) is 13.0. The Morgan fingerprint density at radius 3 is 2.68 bits per heavy atom. The predicted molar refractivity (Wildman–Crippen MR) is 83.2 cm³/mol. The molecule has 22 heavy (non-hydrogen) atoms. The summed E-state index contributed by atoms with van der Waals surface area (Å²) in [5.41, 5.74) is 2.67. The Hall–Kier alpha value is -1.76. The van der Waals surface area contributed by atoms with E-state index in [0.717, 1.165) is 23.9 Å². The van der Waals surface area contributed by atoms with E-state index in [4.69, 9.17) is 0 Å². The van der Waals surface area contributed by atoms with Crippen LogP contribution in [0.3, 0.4) is 0 Å². The van der Waals surface area contributed by atoms with Gasteiger partial charge in [-0.2, -0.15) is 5.10 Å². The van der Waals surface area contributed by atoms with Crippen molar-refractivity contribution in [3.8, 4) is 11.3 Å². The predicted octanol–water partition coefficient (Wildman–Crippen LogP) is 2.28. The van der Waals surface area contributed by atoms with E-state index in [2.05, 4.69) is 28.9 Å². The van der Waals surface area contributed by atoms with E-state index >= 15 is 0 Å². The van der Waals surface area contributed by atoms with E-state index in [1.165, 1.54) is 19.0 Å². The van der Waals surface area contributed by atoms with Crippen molar-refractivity contribution in [3.05, 3.63) is 24.2 Å². The molecule has 0 saturated heterocycles. The van der Waals surface area contributed by atoms with Crippen LogP contribution >= 0.6 is 0 Å². The third kappa shape index (κ3) is 3.04. The summed E-state index contributed by atoms with van der Waals surface area (Å²) in [4.78, 5) is 8.08. The molecule has 0 atom stereocenters. The van der Waals surface area contributed by atoms with E-state index < -0.39 is 9.84 Å². The van der Waals surface area contributed by atoms with Crippen molar-refractivity contribution in [2.24, 2.45) is 5.92 Å². The van der Waals surface area contributed by atoms with Gasteiger partial charge in [-0.15, -0.1) is 0 Å². The highest BCUT2D eigenvalue weighted by Crippen LogP contribution is 2.36. The zero-order chi connectivity index (χ0) is 15.9. The molecule has 1 aliphatic rings. The van der Waals surface area contributed by atoms with Crippen LogP contribution in [0.5, 0.6) is 0 Å². The average Bonchev–Trinajstić information content (AvgIpc) is 3.15. The van der Waals surface area contributed by atoms with Crippen LogP contribution in [0, 0.1) is 5.92 Å². The SMILES string of the molecule is CC(C)n1ncc(-c2ccnc(S(C)(=O)=O)n2)c1CC1CC1. The summed E-state index contributed by atoms with van der Waals surface area (Å²) in [5, 5.41) is 4.33. The molecule has 0 N–H and O–H groups in total. The number of hydrogen-bond donors (Lipinski definition) is 0. The molecule has 118 valence electrons. The van der Waals surface area contributed by atoms with Gasteiger partial charge in [-0.05, 0) is 45.1 Å². The van der Waals surface area contributed by atoms with Crippen molar-refractivity contribution in [3.63, 3.8) is 0 Å². The molecule has 1 aliphatic carbocycles. The second-order valence-electron chi connectivity index (χ2n) is 6.19. The molecule has 1 saturated carbocycles. The lowest BCUT2D eigenvalue weighted by atomic mass is 10.1. The molecule has 2 heterocycles. The van der Waals surface area contributed by atoms with Gasteiger partial charge in [0.25, 0.3) is 0 Å². The monoisotopic (exact) mass is 320 g/mol. The van der Waals surface area contributed by atoms with Crippen LogP contribution in [0.15, 0.2) is 23.6 Å². The van der Waals surface area contributed by atoms with Gasteiger partial charge in [-0.3, -0.25) is 4.68 Å². The van der Waals surface area contributed by atoms with Crippen molar-refractivity contribution in [2.75, 3.05) is 6.26 Å². The van der Waals surface area contributed by atoms with Crippen molar-refractivity contribution < 1.29 is 8.42 Å². The highest BCUT2D eigenvalue weighted by Gasteiger charge is 2.26. The molecule has 0 aromatic carbocycles. The minimum absolute atomic E-state index is 0.139. The molecule has 1 fully saturated rings. The number of hydrogen-bond acceptors (Lipinski definition) is 5. The molecule has 7 heteroatoms. The van der Waals surface area contributed by atoms with E-state index in [0.29, 0.717) is 11.6 Å². The summed E-state index contributed by atoms with van der Waals surface area (Å²) < 4.78 is 25.3. The maximum absolute atomic E-state index is 11.7. The number of sulfone groups is 1. The maximum Gasteiger partial charge on any atom is 0.247 e. The first-order valence-corrected chi connectivity index (χ1v) is 9.35. The van der Waals surface area contributed by atoms with Gasteiger partial charge in [0.2, 0.25) is 15.0 Å². The lowest BCUT2D eigenvalue weighted by Crippen LogP contribution is -2.09. The molecule has 0 aliphatic heterocycles. The topological polar surface area (TPSA) is 77.7 Å². The third-order valence-corrected chi connectivity index (χ3v) is 4.67.